The highest BCUT2D eigenvalue weighted by Crippen LogP contribution is 2.27. The van der Waals surface area contributed by atoms with Crippen molar-refractivity contribution < 1.29 is 19.1 Å². The number of carbonyl (C=O) groups is 2. The Hall–Kier alpha value is -3.55. The van der Waals surface area contributed by atoms with Crippen LogP contribution in [-0.2, 0) is 16.2 Å². The lowest BCUT2D eigenvalue weighted by Gasteiger charge is -2.16. The number of carbonyl (C=O) groups excluding carboxylic acids is 2. The molecular weight excluding hydrogens is 489 g/mol. The number of nitrogens with zero attached hydrogens (tertiary/aromatic N) is 2. The molecule has 1 aliphatic rings. The van der Waals surface area contributed by atoms with E-state index in [0.29, 0.717) is 28.1 Å². The number of hydrazone groups is 1. The summed E-state index contributed by atoms with van der Waals surface area (Å²) < 4.78 is 11.0. The van der Waals surface area contributed by atoms with Crippen molar-refractivity contribution in [2.24, 2.45) is 11.0 Å². The van der Waals surface area contributed by atoms with E-state index in [2.05, 4.69) is 10.5 Å². The van der Waals surface area contributed by atoms with Gasteiger partial charge in [0.15, 0.2) is 0 Å². The van der Waals surface area contributed by atoms with Crippen molar-refractivity contribution in [2.45, 2.75) is 13.0 Å². The van der Waals surface area contributed by atoms with Crippen LogP contribution in [0.15, 0.2) is 71.8 Å². The van der Waals surface area contributed by atoms with Crippen LogP contribution in [0.2, 0.25) is 10.0 Å². The minimum Gasteiger partial charge on any atom is -0.497 e. The molecule has 3 aromatic rings. The summed E-state index contributed by atoms with van der Waals surface area (Å²) in [6.45, 7) is 0.580. The molecule has 1 N–H and O–H groups in total. The second-order valence-corrected chi connectivity index (χ2v) is 8.78. The van der Waals surface area contributed by atoms with E-state index in [9.17, 15) is 9.59 Å². The number of ether oxygens (including phenoxy) is 2. The van der Waals surface area contributed by atoms with Crippen molar-refractivity contribution in [3.8, 4) is 11.5 Å². The third-order valence-electron chi connectivity index (χ3n) is 5.54. The first-order valence-corrected chi connectivity index (χ1v) is 11.6. The third kappa shape index (κ3) is 6.32. The van der Waals surface area contributed by atoms with Crippen molar-refractivity contribution in [3.05, 3.63) is 87.9 Å². The first-order chi connectivity index (χ1) is 16.9. The van der Waals surface area contributed by atoms with Crippen LogP contribution in [0.4, 0.5) is 5.69 Å². The number of methoxy groups -OCH3 is 1. The smallest absolute Gasteiger partial charge is 0.245 e. The largest absolute Gasteiger partial charge is 0.497 e. The van der Waals surface area contributed by atoms with Gasteiger partial charge >= 0.3 is 0 Å². The molecule has 1 saturated heterocycles. The minimum absolute atomic E-state index is 0.107. The lowest BCUT2D eigenvalue weighted by molar-refractivity contribution is -0.126. The van der Waals surface area contributed by atoms with Gasteiger partial charge in [0.1, 0.15) is 18.1 Å². The molecule has 3 aromatic carbocycles. The Labute approximate surface area is 213 Å². The van der Waals surface area contributed by atoms with Crippen LogP contribution >= 0.6 is 23.2 Å². The molecule has 2 amide bonds. The molecular formula is C26H23Cl2N3O4. The fourth-order valence-electron chi connectivity index (χ4n) is 3.64. The van der Waals surface area contributed by atoms with Crippen LogP contribution in [0.5, 0.6) is 11.5 Å². The molecule has 0 unspecified atom stereocenters. The SMILES string of the molecule is COc1ccc(N2C[C@H](C(=O)N/N=C/c3cccc(OCc4ccc(Cl)cc4Cl)c3)CC2=O)cc1. The van der Waals surface area contributed by atoms with Gasteiger partial charge in [-0.25, -0.2) is 5.43 Å². The van der Waals surface area contributed by atoms with Gasteiger partial charge in [0.05, 0.1) is 19.2 Å². The fourth-order valence-corrected chi connectivity index (χ4v) is 4.10. The molecule has 1 fully saturated rings. The van der Waals surface area contributed by atoms with E-state index in [1.807, 2.05) is 24.3 Å². The normalized spacial score (nSPS) is 15.5. The second-order valence-electron chi connectivity index (χ2n) is 7.93. The predicted octanol–water partition coefficient (Wildman–Crippen LogP) is 5.08. The molecule has 1 aliphatic heterocycles. The lowest BCUT2D eigenvalue weighted by atomic mass is 10.1. The zero-order valence-corrected chi connectivity index (χ0v) is 20.4. The van der Waals surface area contributed by atoms with Crippen molar-refractivity contribution >= 4 is 46.9 Å². The molecule has 9 heteroatoms. The van der Waals surface area contributed by atoms with E-state index >= 15 is 0 Å². The topological polar surface area (TPSA) is 80.2 Å². The quantitative estimate of drug-likeness (QED) is 0.337. The fraction of sp³-hybridized carbons (Fsp3) is 0.192. The zero-order valence-electron chi connectivity index (χ0n) is 18.9. The highest BCUT2D eigenvalue weighted by molar-refractivity contribution is 6.35. The molecule has 180 valence electrons. The molecule has 0 bridgehead atoms. The van der Waals surface area contributed by atoms with Crippen LogP contribution in [0, 0.1) is 5.92 Å². The third-order valence-corrected chi connectivity index (χ3v) is 6.12. The Morgan fingerprint density at radius 2 is 1.91 bits per heavy atom. The molecule has 1 atom stereocenters. The average molecular weight is 512 g/mol. The van der Waals surface area contributed by atoms with Crippen molar-refractivity contribution in [2.75, 3.05) is 18.6 Å². The van der Waals surface area contributed by atoms with Gasteiger partial charge in [-0.1, -0.05) is 41.4 Å². The summed E-state index contributed by atoms with van der Waals surface area (Å²) in [6, 6.07) is 19.7. The summed E-state index contributed by atoms with van der Waals surface area (Å²) in [5.41, 5.74) is 4.82. The predicted molar refractivity (Wildman–Crippen MR) is 136 cm³/mol. The van der Waals surface area contributed by atoms with Gasteiger partial charge in [-0.3, -0.25) is 9.59 Å². The first-order valence-electron chi connectivity index (χ1n) is 10.9. The molecule has 0 radical (unpaired) electrons. The first kappa shape index (κ1) is 24.6. The summed E-state index contributed by atoms with van der Waals surface area (Å²) in [6.07, 6.45) is 1.65. The average Bonchev–Trinajstić information content (AvgIpc) is 3.25. The maximum atomic E-state index is 12.6. The van der Waals surface area contributed by atoms with Gasteiger partial charge < -0.3 is 14.4 Å². The Bertz CT molecular complexity index is 1250. The Morgan fingerprint density at radius 3 is 2.66 bits per heavy atom. The summed E-state index contributed by atoms with van der Waals surface area (Å²) >= 11 is 12.1. The maximum Gasteiger partial charge on any atom is 0.245 e. The van der Waals surface area contributed by atoms with Gasteiger partial charge in [-0.2, -0.15) is 5.10 Å². The van der Waals surface area contributed by atoms with Crippen molar-refractivity contribution in [1.82, 2.24) is 5.43 Å². The number of rotatable bonds is 8. The van der Waals surface area contributed by atoms with E-state index in [1.165, 1.54) is 6.21 Å². The Balaban J connectivity index is 1.31. The summed E-state index contributed by atoms with van der Waals surface area (Å²) in [5.74, 6) is 0.427. The van der Waals surface area contributed by atoms with E-state index < -0.39 is 5.92 Å². The van der Waals surface area contributed by atoms with E-state index in [-0.39, 0.29) is 24.8 Å². The molecule has 0 saturated carbocycles. The van der Waals surface area contributed by atoms with E-state index in [1.54, 1.807) is 54.5 Å². The number of hydrogen-bond donors (Lipinski definition) is 1. The van der Waals surface area contributed by atoms with Gasteiger partial charge in [0.2, 0.25) is 11.8 Å². The van der Waals surface area contributed by atoms with Gasteiger partial charge in [-0.15, -0.1) is 0 Å². The molecule has 1 heterocycles. The molecule has 0 aliphatic carbocycles. The molecule has 0 aromatic heterocycles. The number of nitrogens with one attached hydrogen (secondary N) is 1. The van der Waals surface area contributed by atoms with E-state index in [0.717, 1.165) is 16.8 Å². The molecule has 0 spiro atoms. The Kier molecular flexibility index (Phi) is 7.90. The minimum atomic E-state index is -0.486. The maximum absolute atomic E-state index is 12.6. The number of benzene rings is 3. The molecule has 35 heavy (non-hydrogen) atoms. The summed E-state index contributed by atoms with van der Waals surface area (Å²) in [4.78, 5) is 26.6. The summed E-state index contributed by atoms with van der Waals surface area (Å²) in [7, 11) is 1.58. The van der Waals surface area contributed by atoms with Crippen LogP contribution in [0.25, 0.3) is 0 Å². The van der Waals surface area contributed by atoms with Gasteiger partial charge in [-0.05, 0) is 54.1 Å². The second kappa shape index (κ2) is 11.3. The zero-order chi connectivity index (χ0) is 24.8. The molecule has 7 nitrogen and oxygen atoms in total. The number of hydrogen-bond acceptors (Lipinski definition) is 5. The Morgan fingerprint density at radius 1 is 1.11 bits per heavy atom. The number of halogens is 2. The lowest BCUT2D eigenvalue weighted by Crippen LogP contribution is -2.30. The highest BCUT2D eigenvalue weighted by atomic mass is 35.5. The van der Waals surface area contributed by atoms with Crippen LogP contribution in [-0.4, -0.2) is 31.7 Å². The standard InChI is InChI=1S/C26H23Cl2N3O4/c1-34-22-9-7-21(8-10-22)31-15-19(12-25(31)32)26(33)30-29-14-17-3-2-4-23(11-17)35-16-18-5-6-20(27)13-24(18)28/h2-11,13-14,19H,12,15-16H2,1H3,(H,30,33)/b29-14+/t19-/m1/s1. The number of anilines is 1. The number of amides is 2. The van der Waals surface area contributed by atoms with Gasteiger partial charge in [0.25, 0.3) is 0 Å². The van der Waals surface area contributed by atoms with Gasteiger partial charge in [0, 0.05) is 34.3 Å². The summed E-state index contributed by atoms with van der Waals surface area (Å²) in [5, 5.41) is 5.15. The monoisotopic (exact) mass is 511 g/mol. The van der Waals surface area contributed by atoms with Crippen LogP contribution in [0.3, 0.4) is 0 Å². The van der Waals surface area contributed by atoms with Crippen LogP contribution < -0.4 is 19.8 Å². The van der Waals surface area contributed by atoms with Crippen LogP contribution in [0.1, 0.15) is 17.5 Å². The molecule has 4 rings (SSSR count). The van der Waals surface area contributed by atoms with Crippen molar-refractivity contribution in [3.63, 3.8) is 0 Å². The highest BCUT2D eigenvalue weighted by Gasteiger charge is 2.35. The van der Waals surface area contributed by atoms with E-state index in [4.69, 9.17) is 32.7 Å². The van der Waals surface area contributed by atoms with Crippen molar-refractivity contribution in [1.29, 1.82) is 0 Å².